The van der Waals surface area contributed by atoms with Gasteiger partial charge in [-0.1, -0.05) is 85.8 Å². The molecular weight excluding hydrogens is 400 g/mol. The summed E-state index contributed by atoms with van der Waals surface area (Å²) in [5, 5.41) is 0. The lowest BCUT2D eigenvalue weighted by Crippen LogP contribution is -2.43. The average Bonchev–Trinajstić information content (AvgIpc) is 3.08. The van der Waals surface area contributed by atoms with Gasteiger partial charge in [0.05, 0.1) is 13.2 Å². The Kier molecular flexibility index (Phi) is 6.13. The second-order valence-corrected chi connectivity index (χ2v) is 8.16. The van der Waals surface area contributed by atoms with Crippen LogP contribution in [0.2, 0.25) is 0 Å². The van der Waals surface area contributed by atoms with Gasteiger partial charge in [-0.25, -0.2) is 0 Å². The van der Waals surface area contributed by atoms with E-state index in [2.05, 4.69) is 31.2 Å². The molecule has 0 bridgehead atoms. The van der Waals surface area contributed by atoms with Crippen LogP contribution in [0.3, 0.4) is 0 Å². The van der Waals surface area contributed by atoms with E-state index in [1.54, 1.807) is 13.8 Å². The molecule has 1 aliphatic rings. The summed E-state index contributed by atoms with van der Waals surface area (Å²) in [7, 11) is 0. The number of hydrogen-bond donors (Lipinski definition) is 0. The molecule has 0 heterocycles. The fraction of sp³-hybridized carbons (Fsp3) is 0.286. The number of carbonyl (C=O) groups excluding carboxylic acids is 2. The molecule has 4 heteroatoms. The van der Waals surface area contributed by atoms with E-state index in [-0.39, 0.29) is 13.2 Å². The molecule has 0 radical (unpaired) electrons. The van der Waals surface area contributed by atoms with E-state index < -0.39 is 29.2 Å². The molecule has 3 aromatic carbocycles. The van der Waals surface area contributed by atoms with Crippen molar-refractivity contribution in [3.8, 4) is 11.1 Å². The Hall–Kier alpha value is -3.40. The number of esters is 2. The van der Waals surface area contributed by atoms with Crippen molar-refractivity contribution >= 4 is 11.9 Å². The van der Waals surface area contributed by atoms with Gasteiger partial charge in [-0.2, -0.15) is 0 Å². The Morgan fingerprint density at radius 2 is 1.16 bits per heavy atom. The first kappa shape index (κ1) is 21.8. The highest BCUT2D eigenvalue weighted by atomic mass is 16.6. The number of ether oxygens (including phenoxy) is 2. The van der Waals surface area contributed by atoms with E-state index in [4.69, 9.17) is 9.47 Å². The number of fused-ring (bicyclic) bond motifs is 3. The van der Waals surface area contributed by atoms with Gasteiger partial charge in [-0.15, -0.1) is 0 Å². The highest BCUT2D eigenvalue weighted by Gasteiger charge is 2.53. The van der Waals surface area contributed by atoms with Gasteiger partial charge in [0.15, 0.2) is 5.92 Å². The molecule has 32 heavy (non-hydrogen) atoms. The van der Waals surface area contributed by atoms with Crippen molar-refractivity contribution in [2.45, 2.75) is 32.1 Å². The standard InChI is InChI=1S/C28H28O4/c1-4-31-26(29)24(27(30)32-5-2)25(19-13-7-6-8-14-19)28(3)22-17-11-9-15-20(22)21-16-10-12-18-23(21)28/h6-18,24-25H,4-5H2,1-3H3. The molecule has 4 nitrogen and oxygen atoms in total. The normalized spacial score (nSPS) is 14.4. The summed E-state index contributed by atoms with van der Waals surface area (Å²) in [5.41, 5.74) is 4.68. The summed E-state index contributed by atoms with van der Waals surface area (Å²) >= 11 is 0. The second-order valence-electron chi connectivity index (χ2n) is 8.16. The fourth-order valence-electron chi connectivity index (χ4n) is 5.17. The van der Waals surface area contributed by atoms with Crippen molar-refractivity contribution in [2.75, 3.05) is 13.2 Å². The van der Waals surface area contributed by atoms with Crippen LogP contribution in [0.4, 0.5) is 0 Å². The first-order chi connectivity index (χ1) is 15.5. The molecular formula is C28H28O4. The third-order valence-corrected chi connectivity index (χ3v) is 6.46. The molecule has 1 unspecified atom stereocenters. The predicted octanol–water partition coefficient (Wildman–Crippen LogP) is 5.50. The van der Waals surface area contributed by atoms with Crippen LogP contribution in [0.1, 0.15) is 43.4 Å². The number of rotatable bonds is 7. The number of carbonyl (C=O) groups is 2. The van der Waals surface area contributed by atoms with E-state index in [0.717, 1.165) is 27.8 Å². The highest BCUT2D eigenvalue weighted by Crippen LogP contribution is 2.57. The van der Waals surface area contributed by atoms with Crippen molar-refractivity contribution in [3.05, 3.63) is 95.6 Å². The molecule has 0 spiro atoms. The smallest absolute Gasteiger partial charge is 0.320 e. The maximum absolute atomic E-state index is 13.3. The van der Waals surface area contributed by atoms with E-state index in [1.807, 2.05) is 54.6 Å². The summed E-state index contributed by atoms with van der Waals surface area (Å²) in [6, 6.07) is 26.2. The third-order valence-electron chi connectivity index (χ3n) is 6.46. The van der Waals surface area contributed by atoms with E-state index >= 15 is 0 Å². The zero-order valence-corrected chi connectivity index (χ0v) is 18.7. The number of benzene rings is 3. The summed E-state index contributed by atoms with van der Waals surface area (Å²) in [6.45, 7) is 6.01. The SMILES string of the molecule is CCOC(=O)C(C(=O)OCC)C(c1ccccc1)C1(C)c2ccccc2-c2ccccc21. The van der Waals surface area contributed by atoms with Crippen LogP contribution in [-0.4, -0.2) is 25.2 Å². The molecule has 3 aromatic rings. The molecule has 0 saturated carbocycles. The molecule has 164 valence electrons. The van der Waals surface area contributed by atoms with Crippen molar-refractivity contribution in [3.63, 3.8) is 0 Å². The Balaban J connectivity index is 2.01. The summed E-state index contributed by atoms with van der Waals surface area (Å²) in [4.78, 5) is 26.5. The summed E-state index contributed by atoms with van der Waals surface area (Å²) in [5.74, 6) is -2.71. The van der Waals surface area contributed by atoms with Crippen LogP contribution in [-0.2, 0) is 24.5 Å². The summed E-state index contributed by atoms with van der Waals surface area (Å²) in [6.07, 6.45) is 0. The van der Waals surface area contributed by atoms with E-state index in [1.165, 1.54) is 0 Å². The topological polar surface area (TPSA) is 52.6 Å². The monoisotopic (exact) mass is 428 g/mol. The van der Waals surface area contributed by atoms with Crippen molar-refractivity contribution < 1.29 is 19.1 Å². The Bertz CT molecular complexity index is 1060. The maximum atomic E-state index is 13.3. The Labute approximate surface area is 189 Å². The molecule has 0 aromatic heterocycles. The molecule has 0 aliphatic heterocycles. The van der Waals surface area contributed by atoms with Gasteiger partial charge in [0.2, 0.25) is 0 Å². The van der Waals surface area contributed by atoms with Gasteiger partial charge < -0.3 is 9.47 Å². The maximum Gasteiger partial charge on any atom is 0.320 e. The van der Waals surface area contributed by atoms with Gasteiger partial charge >= 0.3 is 11.9 Å². The Morgan fingerprint density at radius 1 is 0.719 bits per heavy atom. The van der Waals surface area contributed by atoms with Gasteiger partial charge in [0.25, 0.3) is 0 Å². The Morgan fingerprint density at radius 3 is 1.62 bits per heavy atom. The highest BCUT2D eigenvalue weighted by molar-refractivity contribution is 5.97. The largest absolute Gasteiger partial charge is 0.465 e. The lowest BCUT2D eigenvalue weighted by atomic mass is 9.62. The minimum absolute atomic E-state index is 0.195. The predicted molar refractivity (Wildman–Crippen MR) is 124 cm³/mol. The van der Waals surface area contributed by atoms with Crippen LogP contribution in [0, 0.1) is 5.92 Å². The van der Waals surface area contributed by atoms with Gasteiger partial charge in [-0.05, 0) is 41.7 Å². The molecule has 1 atom stereocenters. The first-order valence-corrected chi connectivity index (χ1v) is 11.1. The summed E-state index contributed by atoms with van der Waals surface area (Å²) < 4.78 is 10.8. The number of hydrogen-bond acceptors (Lipinski definition) is 4. The van der Waals surface area contributed by atoms with Gasteiger partial charge in [0, 0.05) is 11.3 Å². The van der Waals surface area contributed by atoms with Crippen LogP contribution in [0.5, 0.6) is 0 Å². The molecule has 0 fully saturated rings. The minimum Gasteiger partial charge on any atom is -0.465 e. The molecule has 0 amide bonds. The minimum atomic E-state index is -1.10. The van der Waals surface area contributed by atoms with Gasteiger partial charge in [0.1, 0.15) is 0 Å². The molecule has 1 aliphatic carbocycles. The zero-order chi connectivity index (χ0) is 22.7. The first-order valence-electron chi connectivity index (χ1n) is 11.1. The molecule has 0 N–H and O–H groups in total. The van der Waals surface area contributed by atoms with Crippen LogP contribution in [0.25, 0.3) is 11.1 Å². The van der Waals surface area contributed by atoms with E-state index in [0.29, 0.717) is 0 Å². The van der Waals surface area contributed by atoms with Gasteiger partial charge in [-0.3, -0.25) is 9.59 Å². The molecule has 4 rings (SSSR count). The zero-order valence-electron chi connectivity index (χ0n) is 18.7. The quantitative estimate of drug-likeness (QED) is 0.368. The average molecular weight is 429 g/mol. The lowest BCUT2D eigenvalue weighted by Gasteiger charge is -2.39. The van der Waals surface area contributed by atoms with Crippen LogP contribution < -0.4 is 0 Å². The third kappa shape index (κ3) is 3.50. The van der Waals surface area contributed by atoms with Crippen molar-refractivity contribution in [1.29, 1.82) is 0 Å². The lowest BCUT2D eigenvalue weighted by molar-refractivity contribution is -0.163. The van der Waals surface area contributed by atoms with Crippen molar-refractivity contribution in [1.82, 2.24) is 0 Å². The second kappa shape index (κ2) is 8.99. The fourth-order valence-corrected chi connectivity index (χ4v) is 5.17. The van der Waals surface area contributed by atoms with Crippen LogP contribution in [0.15, 0.2) is 78.9 Å². The van der Waals surface area contributed by atoms with E-state index in [9.17, 15) is 9.59 Å². The van der Waals surface area contributed by atoms with Crippen molar-refractivity contribution in [2.24, 2.45) is 5.92 Å². The van der Waals surface area contributed by atoms with Crippen LogP contribution >= 0.6 is 0 Å². The molecule has 0 saturated heterocycles.